The van der Waals surface area contributed by atoms with Crippen molar-refractivity contribution in [3.63, 3.8) is 0 Å². The van der Waals surface area contributed by atoms with Gasteiger partial charge in [-0.3, -0.25) is 0 Å². The van der Waals surface area contributed by atoms with E-state index in [-0.39, 0.29) is 10.8 Å². The fraction of sp³-hybridized carbons (Fsp3) is 0.130. The average molecular weight is 1940 g/mol. The third-order valence-corrected chi connectivity index (χ3v) is 39.7. The molecule has 26 aromatic rings. The molecule has 12 aromatic heterocycles. The maximum atomic E-state index is 7.17. The zero-order valence-electron chi connectivity index (χ0n) is 83.6. The Morgan fingerprint density at radius 2 is 0.486 bits per heavy atom. The highest BCUT2D eigenvalue weighted by Crippen LogP contribution is 2.65. The number of hydrogen-bond acceptors (Lipinski definition) is 3. The number of benzene rings is 14. The van der Waals surface area contributed by atoms with E-state index in [0.717, 1.165) is 57.5 Å². The minimum absolute atomic E-state index is 0.0534. The monoisotopic (exact) mass is 1940 g/mol. The smallest absolute Gasteiger partial charge is 0.379 e. The van der Waals surface area contributed by atoms with Crippen LogP contribution in [0.5, 0.6) is 34.9 Å². The van der Waals surface area contributed by atoms with Gasteiger partial charge in [0.15, 0.2) is 33.8 Å². The molecule has 0 amide bonds. The van der Waals surface area contributed by atoms with Gasteiger partial charge in [-0.05, 0) is 194 Å². The van der Waals surface area contributed by atoms with Crippen molar-refractivity contribution in [2.45, 2.75) is 109 Å². The van der Waals surface area contributed by atoms with Gasteiger partial charge >= 0.3 is 34.6 Å². The first-order chi connectivity index (χ1) is 72.0. The van der Waals surface area contributed by atoms with E-state index in [4.69, 9.17) is 14.2 Å². The van der Waals surface area contributed by atoms with Crippen molar-refractivity contribution < 1.29 is 41.6 Å². The molecule has 12 aliphatic heterocycles. The Morgan fingerprint density at radius 3 is 0.858 bits per heavy atom. The van der Waals surface area contributed by atoms with Crippen molar-refractivity contribution in [1.29, 1.82) is 0 Å². The summed E-state index contributed by atoms with van der Waals surface area (Å²) in [6.07, 6.45) is 0. The molecule has 15 nitrogen and oxygen atoms in total. The van der Waals surface area contributed by atoms with E-state index in [9.17, 15) is 0 Å². The van der Waals surface area contributed by atoms with Crippen molar-refractivity contribution in [2.75, 3.05) is 0 Å². The van der Waals surface area contributed by atoms with Gasteiger partial charge in [-0.25, -0.2) is 0 Å². The van der Waals surface area contributed by atoms with Crippen LogP contribution in [0.2, 0.25) is 39.3 Å². The number of ether oxygens (including phenoxy) is 3. The summed E-state index contributed by atoms with van der Waals surface area (Å²) in [6, 6.07) is 132. The predicted octanol–water partition coefficient (Wildman–Crippen LogP) is 26.4. The van der Waals surface area contributed by atoms with Crippen molar-refractivity contribution in [1.82, 2.24) is 27.4 Å². The summed E-state index contributed by atoms with van der Waals surface area (Å²) in [5.41, 5.74) is 38.7. The Labute approximate surface area is 851 Å². The molecule has 14 aromatic carbocycles. The summed E-state index contributed by atoms with van der Waals surface area (Å²) in [5, 5.41) is 18.2. The zero-order valence-corrected chi connectivity index (χ0v) is 85.6. The van der Waals surface area contributed by atoms with E-state index in [0.29, 0.717) is 0 Å². The molecule has 3 atom stereocenters. The SMILES string of the molecule is CC(C)(C)c1cc2[n+]3c(c1)-c1cc(C(C)(C)C)cc4[n+]1C31c3c(ccc5c6ccccc6n(c35)-c3ccc5c6ccccc6n-4c5c31)O2.C[Si](C)(C)c1cc2[n+]3c(c1)-c1cc([Si](C)(C)C)cc4[n+]1C31c3c(ccc5c6ccccc6n(c35)-c3ccc5c6ccccc6n-4c5c31)O2.c1ccc(-c2cc3[n+]4c(c2)-c2cc(-c5ccccc5)cc5[n+]2C42c4c(ccc6c7ccccc7n(c46)-c4ccc6c7ccccc7n-5c6c42)O3)cc1. The lowest BCUT2D eigenvalue weighted by atomic mass is 9.81. The van der Waals surface area contributed by atoms with Gasteiger partial charge in [-0.15, -0.1) is 27.4 Å². The molecule has 0 radical (unpaired) electrons. The maximum absolute atomic E-state index is 7.17. The Kier molecular flexibility index (Phi) is 13.8. The van der Waals surface area contributed by atoms with Crippen LogP contribution in [0.3, 0.4) is 0 Å². The van der Waals surface area contributed by atoms with E-state index in [1.807, 2.05) is 0 Å². The number of hydrogen-bond donors (Lipinski definition) is 0. The second-order valence-electron chi connectivity index (χ2n) is 47.1. The largest absolute Gasteiger partial charge is 0.404 e. The molecule has 0 bridgehead atoms. The summed E-state index contributed by atoms with van der Waals surface area (Å²) in [5.74, 6) is 9.08. The molecule has 38 rings (SSSR count). The molecule has 148 heavy (non-hydrogen) atoms. The van der Waals surface area contributed by atoms with Crippen LogP contribution in [-0.2, 0) is 27.8 Å². The minimum atomic E-state index is -1.74. The normalized spacial score (nSPS) is 17.2. The summed E-state index contributed by atoms with van der Waals surface area (Å²) in [4.78, 5) is 0. The summed E-state index contributed by atoms with van der Waals surface area (Å²) < 4.78 is 52.4. The number of rotatable bonds is 4. The third kappa shape index (κ3) is 8.85. The van der Waals surface area contributed by atoms with Crippen molar-refractivity contribution >= 4 is 157 Å². The molecule has 0 N–H and O–H groups in total. The topological polar surface area (TPSA) is 80.6 Å². The van der Waals surface area contributed by atoms with Gasteiger partial charge in [0, 0.05) is 107 Å². The number of pyridine rings is 6. The standard InChI is InChI=1S/C47H26N4O.C43H34N4O.C41H34N4OSi2/c1-3-11-27(12-4-1)29-23-38-39-24-30(28-13-5-2-6-14-28)26-42-51(39)47-43-37(48-35-17-9-7-15-31(35)34-20-22-40(52-42)44(47)46(34)48)21-19-33-32-16-8-10-18-36(32)49(45(33)43)41(25-29)50(38)47;1-41(2,3)23-19-32-33-20-24(42(4,5)6)22-36-47(33)43-37-31(44-29-13-9-7-11-25(29)28-16-18-34(48-36)38(43)40(28)44)17-15-27-26-12-8-10-14-30(26)45(39(27)37)35(21-23)46(32)43;1-47(2,3)23-19-32-33-20-24(48(4,5)6)22-36-45(33)41-37-31(42-29-13-9-7-11-25(29)28-16-18-34(46-36)38(41)40(28)42)17-15-27-26-12-8-10-14-30(26)43(39(27)37)35(21-23)44(32)41/h1-26H;2*7-22H,1-6H3/q3*+2. The van der Waals surface area contributed by atoms with Gasteiger partial charge < -0.3 is 27.9 Å². The lowest BCUT2D eigenvalue weighted by Crippen LogP contribution is -2.75. The summed E-state index contributed by atoms with van der Waals surface area (Å²) in [7, 11) is -3.45. The summed E-state index contributed by atoms with van der Waals surface area (Å²) >= 11 is 0. The molecule has 0 saturated carbocycles. The van der Waals surface area contributed by atoms with E-state index < -0.39 is 33.1 Å². The molecule has 17 heteroatoms. The van der Waals surface area contributed by atoms with Gasteiger partial charge in [-0.1, -0.05) is 232 Å². The first-order valence-corrected chi connectivity index (χ1v) is 59.2. The third-order valence-electron chi connectivity index (χ3n) is 35.6. The Hall–Kier alpha value is -17.4. The highest BCUT2D eigenvalue weighted by molar-refractivity contribution is 6.89. The lowest BCUT2D eigenvalue weighted by Gasteiger charge is -2.37. The minimum Gasteiger partial charge on any atom is -0.404 e. The van der Waals surface area contributed by atoms with Crippen LogP contribution in [-0.4, -0.2) is 43.6 Å². The van der Waals surface area contributed by atoms with Gasteiger partial charge in [0.05, 0.1) is 84.5 Å². The van der Waals surface area contributed by atoms with Crippen molar-refractivity contribution in [3.8, 4) is 126 Å². The number of aromatic nitrogens is 12. The van der Waals surface area contributed by atoms with Crippen LogP contribution in [0.4, 0.5) is 0 Å². The molecule has 0 aliphatic carbocycles. The van der Waals surface area contributed by atoms with Crippen LogP contribution in [0, 0.1) is 0 Å². The Balaban J connectivity index is 0.0000000919. The van der Waals surface area contributed by atoms with Crippen LogP contribution < -0.4 is 52.0 Å². The molecule has 698 valence electrons. The molecule has 0 saturated heterocycles. The number of para-hydroxylation sites is 6. The van der Waals surface area contributed by atoms with E-state index >= 15 is 0 Å². The number of nitrogens with zero attached hydrogens (tertiary/aromatic N) is 12. The molecule has 3 spiro atoms. The van der Waals surface area contributed by atoms with Gasteiger partial charge in [0.2, 0.25) is 17.1 Å². The predicted molar refractivity (Wildman–Crippen MR) is 592 cm³/mol. The fourth-order valence-corrected chi connectivity index (χ4v) is 31.8. The van der Waals surface area contributed by atoms with E-state index in [1.54, 1.807) is 0 Å². The first-order valence-electron chi connectivity index (χ1n) is 52.2. The van der Waals surface area contributed by atoms with Crippen molar-refractivity contribution in [3.05, 3.63) is 396 Å². The maximum Gasteiger partial charge on any atom is 0.379 e. The summed E-state index contributed by atoms with van der Waals surface area (Å²) in [6.45, 7) is 28.7. The first kappa shape index (κ1) is 80.0. The van der Waals surface area contributed by atoms with Gasteiger partial charge in [0.25, 0.3) is 34.5 Å². The Morgan fingerprint density at radius 1 is 0.216 bits per heavy atom. The van der Waals surface area contributed by atoms with Crippen LogP contribution in [0.15, 0.2) is 352 Å². The average Bonchev–Trinajstić information content (AvgIpc) is 1.46. The van der Waals surface area contributed by atoms with Crippen LogP contribution >= 0.6 is 0 Å². The fourth-order valence-electron chi connectivity index (χ4n) is 29.6. The lowest BCUT2D eigenvalue weighted by molar-refractivity contribution is -0.939. The second-order valence-corrected chi connectivity index (χ2v) is 57.3. The van der Waals surface area contributed by atoms with Gasteiger partial charge in [0.1, 0.15) is 49.9 Å². The number of fused-ring (bicyclic) bond motifs is 27. The molecule has 3 unspecified atom stereocenters. The molecular formula is C131H94N12O3Si2+6. The van der Waals surface area contributed by atoms with E-state index in [1.165, 1.54) is 254 Å². The highest BCUT2D eigenvalue weighted by atomic mass is 28.3. The quantitative estimate of drug-likeness (QED) is 0.130. The van der Waals surface area contributed by atoms with Gasteiger partial charge in [-0.2, -0.15) is 13.7 Å². The highest BCUT2D eigenvalue weighted by Gasteiger charge is 2.76. The second kappa shape index (κ2) is 25.6. The van der Waals surface area contributed by atoms with Crippen molar-refractivity contribution in [2.24, 2.45) is 0 Å². The molecule has 0 fully saturated rings. The van der Waals surface area contributed by atoms with Crippen LogP contribution in [0.1, 0.15) is 86.1 Å². The molecule has 24 heterocycles. The van der Waals surface area contributed by atoms with E-state index in [2.05, 4.69) is 487 Å². The molecule has 12 aliphatic rings. The Bertz CT molecular complexity index is 10700. The molecular weight excluding hydrogens is 1850 g/mol. The zero-order chi connectivity index (χ0) is 97.9. The van der Waals surface area contributed by atoms with Crippen LogP contribution in [0.25, 0.3) is 222 Å².